The summed E-state index contributed by atoms with van der Waals surface area (Å²) >= 11 is 6.15. The summed E-state index contributed by atoms with van der Waals surface area (Å²) in [6.45, 7) is 8.21. The molecule has 0 aliphatic carbocycles. The molecule has 0 saturated carbocycles. The van der Waals surface area contributed by atoms with Crippen LogP contribution in [-0.4, -0.2) is 45.7 Å². The second kappa shape index (κ2) is 9.92. The van der Waals surface area contributed by atoms with Crippen molar-refractivity contribution in [2.24, 2.45) is 0 Å². The Morgan fingerprint density at radius 2 is 1.79 bits per heavy atom. The van der Waals surface area contributed by atoms with E-state index >= 15 is 0 Å². The predicted molar refractivity (Wildman–Crippen MR) is 111 cm³/mol. The summed E-state index contributed by atoms with van der Waals surface area (Å²) in [4.78, 5) is 15.2. The first-order chi connectivity index (χ1) is 13.5. The zero-order valence-electron chi connectivity index (χ0n) is 16.7. The average molecular weight is 404 g/mol. The van der Waals surface area contributed by atoms with E-state index in [-0.39, 0.29) is 5.91 Å². The van der Waals surface area contributed by atoms with Crippen molar-refractivity contribution in [2.45, 2.75) is 20.0 Å². The Morgan fingerprint density at radius 3 is 2.50 bits per heavy atom. The highest BCUT2D eigenvalue weighted by Crippen LogP contribution is 2.18. The number of halogens is 1. The van der Waals surface area contributed by atoms with E-state index < -0.39 is 0 Å². The van der Waals surface area contributed by atoms with E-state index in [1.807, 2.05) is 24.3 Å². The Balaban J connectivity index is 1.43. The minimum absolute atomic E-state index is 0.0822. The molecule has 28 heavy (non-hydrogen) atoms. The molecule has 150 valence electrons. The van der Waals surface area contributed by atoms with Crippen LogP contribution in [-0.2, 0) is 17.9 Å². The van der Waals surface area contributed by atoms with Crippen molar-refractivity contribution in [1.82, 2.24) is 5.32 Å². The number of hydrogen-bond donors (Lipinski definition) is 3. The lowest BCUT2D eigenvalue weighted by Crippen LogP contribution is -3.28. The summed E-state index contributed by atoms with van der Waals surface area (Å²) in [5, 5.41) is 3.69. The molecular formula is C22H30ClN3O2+2. The molecule has 0 bridgehead atoms. The van der Waals surface area contributed by atoms with Crippen LogP contribution in [0.2, 0.25) is 5.02 Å². The second-order valence-electron chi connectivity index (χ2n) is 7.54. The normalized spacial score (nSPS) is 19.2. The minimum Gasteiger partial charge on any atom is -0.496 e. The number of quaternary nitrogens is 2. The van der Waals surface area contributed by atoms with Gasteiger partial charge in [0.15, 0.2) is 6.54 Å². The number of carbonyl (C=O) groups excluding carboxylic acids is 1. The fourth-order valence-electron chi connectivity index (χ4n) is 3.75. The SMILES string of the molecule is COc1ccc(C)cc1C[NH+]1CC[NH+](CC(=O)NCc2ccccc2Cl)CC1. The molecule has 1 aliphatic rings. The third-order valence-corrected chi connectivity index (χ3v) is 5.75. The van der Waals surface area contributed by atoms with Crippen LogP contribution in [0.4, 0.5) is 0 Å². The second-order valence-corrected chi connectivity index (χ2v) is 7.94. The topological polar surface area (TPSA) is 47.2 Å². The van der Waals surface area contributed by atoms with Crippen LogP contribution in [0.15, 0.2) is 42.5 Å². The standard InChI is InChI=1S/C22H28ClN3O2/c1-17-7-8-21(28-2)19(13-17)15-25-9-11-26(12-10-25)16-22(27)24-14-18-5-3-4-6-20(18)23/h3-8,13H,9-12,14-16H2,1-2H3,(H,24,27)/p+2. The van der Waals surface area contributed by atoms with Gasteiger partial charge in [-0.3, -0.25) is 4.79 Å². The molecule has 2 aromatic rings. The molecule has 6 heteroatoms. The average Bonchev–Trinajstić information content (AvgIpc) is 2.69. The lowest BCUT2D eigenvalue weighted by molar-refractivity contribution is -1.02. The maximum atomic E-state index is 12.3. The molecule has 2 aromatic carbocycles. The van der Waals surface area contributed by atoms with Crippen LogP contribution < -0.4 is 19.9 Å². The number of hydrogen-bond acceptors (Lipinski definition) is 2. The van der Waals surface area contributed by atoms with Gasteiger partial charge in [-0.1, -0.05) is 41.4 Å². The van der Waals surface area contributed by atoms with Crippen molar-refractivity contribution in [3.8, 4) is 5.75 Å². The Bertz CT molecular complexity index is 804. The van der Waals surface area contributed by atoms with Crippen molar-refractivity contribution in [3.05, 3.63) is 64.2 Å². The highest BCUT2D eigenvalue weighted by molar-refractivity contribution is 6.31. The predicted octanol–water partition coefficient (Wildman–Crippen LogP) is 0.257. The molecule has 0 radical (unpaired) electrons. The molecule has 1 saturated heterocycles. The Labute approximate surface area is 172 Å². The van der Waals surface area contributed by atoms with Gasteiger partial charge in [-0.15, -0.1) is 0 Å². The quantitative estimate of drug-likeness (QED) is 0.621. The highest BCUT2D eigenvalue weighted by Gasteiger charge is 2.25. The summed E-state index contributed by atoms with van der Waals surface area (Å²) in [6, 6.07) is 14.0. The molecular weight excluding hydrogens is 374 g/mol. The van der Waals surface area contributed by atoms with Crippen molar-refractivity contribution in [2.75, 3.05) is 39.8 Å². The fourth-order valence-corrected chi connectivity index (χ4v) is 3.95. The van der Waals surface area contributed by atoms with Gasteiger partial charge in [0.25, 0.3) is 5.91 Å². The van der Waals surface area contributed by atoms with E-state index in [0.29, 0.717) is 18.1 Å². The molecule has 3 N–H and O–H groups in total. The van der Waals surface area contributed by atoms with Gasteiger partial charge in [-0.2, -0.15) is 0 Å². The van der Waals surface area contributed by atoms with Gasteiger partial charge in [-0.25, -0.2) is 0 Å². The van der Waals surface area contributed by atoms with Crippen LogP contribution in [0, 0.1) is 6.92 Å². The number of carbonyl (C=O) groups is 1. The molecule has 0 spiro atoms. The maximum absolute atomic E-state index is 12.3. The van der Waals surface area contributed by atoms with Crippen LogP contribution in [0.25, 0.3) is 0 Å². The van der Waals surface area contributed by atoms with Crippen LogP contribution in [0.3, 0.4) is 0 Å². The van der Waals surface area contributed by atoms with Crippen LogP contribution in [0.5, 0.6) is 5.75 Å². The first kappa shape index (κ1) is 20.6. The van der Waals surface area contributed by atoms with E-state index in [0.717, 1.165) is 44.0 Å². The van der Waals surface area contributed by atoms with Gasteiger partial charge >= 0.3 is 0 Å². The molecule has 1 amide bonds. The van der Waals surface area contributed by atoms with Gasteiger partial charge < -0.3 is 19.9 Å². The lowest BCUT2D eigenvalue weighted by Gasteiger charge is -2.29. The van der Waals surface area contributed by atoms with E-state index in [2.05, 4.69) is 30.4 Å². The van der Waals surface area contributed by atoms with Gasteiger partial charge in [0.2, 0.25) is 0 Å². The van der Waals surface area contributed by atoms with Gasteiger partial charge in [0, 0.05) is 17.1 Å². The monoisotopic (exact) mass is 403 g/mol. The van der Waals surface area contributed by atoms with Crippen molar-refractivity contribution in [3.63, 3.8) is 0 Å². The summed E-state index contributed by atoms with van der Waals surface area (Å²) in [6.07, 6.45) is 0. The zero-order valence-corrected chi connectivity index (χ0v) is 17.4. The molecule has 3 rings (SSSR count). The number of nitrogens with one attached hydrogen (secondary N) is 3. The third-order valence-electron chi connectivity index (χ3n) is 5.38. The first-order valence-corrected chi connectivity index (χ1v) is 10.2. The minimum atomic E-state index is 0.0822. The molecule has 5 nitrogen and oxygen atoms in total. The molecule has 0 unspecified atom stereocenters. The Kier molecular flexibility index (Phi) is 7.31. The highest BCUT2D eigenvalue weighted by atomic mass is 35.5. The van der Waals surface area contributed by atoms with Crippen LogP contribution >= 0.6 is 11.6 Å². The summed E-state index contributed by atoms with van der Waals surface area (Å²) < 4.78 is 5.51. The van der Waals surface area contributed by atoms with Gasteiger partial charge in [0.05, 0.1) is 7.11 Å². The summed E-state index contributed by atoms with van der Waals surface area (Å²) in [5.74, 6) is 1.05. The number of amides is 1. The van der Waals surface area contributed by atoms with Crippen molar-refractivity contribution in [1.29, 1.82) is 0 Å². The molecule has 0 aromatic heterocycles. The number of methoxy groups -OCH3 is 1. The number of aryl methyl sites for hydroxylation is 1. The summed E-state index contributed by atoms with van der Waals surface area (Å²) in [7, 11) is 1.73. The Hall–Kier alpha value is -2.08. The van der Waals surface area contributed by atoms with Gasteiger partial charge in [-0.05, 0) is 30.7 Å². The molecule has 0 atom stereocenters. The Morgan fingerprint density at radius 1 is 1.07 bits per heavy atom. The van der Waals surface area contributed by atoms with E-state index in [1.165, 1.54) is 16.0 Å². The van der Waals surface area contributed by atoms with E-state index in [9.17, 15) is 4.79 Å². The number of ether oxygens (including phenoxy) is 1. The van der Waals surface area contributed by atoms with Gasteiger partial charge in [0.1, 0.15) is 38.5 Å². The van der Waals surface area contributed by atoms with E-state index in [4.69, 9.17) is 16.3 Å². The fraction of sp³-hybridized carbons (Fsp3) is 0.409. The van der Waals surface area contributed by atoms with Crippen molar-refractivity contribution < 1.29 is 19.3 Å². The number of rotatable bonds is 7. The lowest BCUT2D eigenvalue weighted by atomic mass is 10.1. The smallest absolute Gasteiger partial charge is 0.275 e. The largest absolute Gasteiger partial charge is 0.496 e. The number of piperazine rings is 1. The molecule has 1 fully saturated rings. The summed E-state index contributed by atoms with van der Waals surface area (Å²) in [5.41, 5.74) is 3.47. The third kappa shape index (κ3) is 5.71. The molecule has 1 aliphatic heterocycles. The number of benzene rings is 2. The van der Waals surface area contributed by atoms with Crippen LogP contribution in [0.1, 0.15) is 16.7 Å². The first-order valence-electron chi connectivity index (χ1n) is 9.86. The zero-order chi connectivity index (χ0) is 19.9. The van der Waals surface area contributed by atoms with Crippen molar-refractivity contribution >= 4 is 17.5 Å². The maximum Gasteiger partial charge on any atom is 0.275 e. The molecule has 1 heterocycles. The van der Waals surface area contributed by atoms with E-state index in [1.54, 1.807) is 12.0 Å².